The molecule has 0 radical (unpaired) electrons. The summed E-state index contributed by atoms with van der Waals surface area (Å²) in [7, 11) is 0. The Kier molecular flexibility index (Phi) is 10.2. The van der Waals surface area contributed by atoms with E-state index in [0.29, 0.717) is 26.2 Å². The maximum absolute atomic E-state index is 13.4. The average Bonchev–Trinajstić information content (AvgIpc) is 3.06. The van der Waals surface area contributed by atoms with Gasteiger partial charge in [0.05, 0.1) is 17.6 Å². The Morgan fingerprint density at radius 3 is 1.71 bits per heavy atom. The molecule has 45 heavy (non-hydrogen) atoms. The summed E-state index contributed by atoms with van der Waals surface area (Å²) in [6.45, 7) is 4.58. The van der Waals surface area contributed by atoms with E-state index in [4.69, 9.17) is 0 Å². The normalized spacial score (nSPS) is 14.6. The summed E-state index contributed by atoms with van der Waals surface area (Å²) in [6, 6.07) is 33.7. The van der Waals surface area contributed by atoms with Gasteiger partial charge in [0.1, 0.15) is 0 Å². The number of rotatable bonds is 9. The number of halogens is 3. The summed E-state index contributed by atoms with van der Waals surface area (Å²) < 4.78 is 39.0. The monoisotopic (exact) mass is 614 g/mol. The summed E-state index contributed by atoms with van der Waals surface area (Å²) >= 11 is 0. The van der Waals surface area contributed by atoms with E-state index in [1.807, 2.05) is 78.6 Å². The van der Waals surface area contributed by atoms with Gasteiger partial charge in [-0.2, -0.15) is 13.2 Å². The molecule has 1 aliphatic heterocycles. The minimum atomic E-state index is -4.47. The Bertz CT molecular complexity index is 1490. The van der Waals surface area contributed by atoms with Crippen molar-refractivity contribution in [3.63, 3.8) is 0 Å². The van der Waals surface area contributed by atoms with Gasteiger partial charge in [-0.05, 0) is 47.9 Å². The smallest absolute Gasteiger partial charge is 0.340 e. The van der Waals surface area contributed by atoms with Gasteiger partial charge in [0.25, 0.3) is 0 Å². The van der Waals surface area contributed by atoms with E-state index < -0.39 is 17.8 Å². The highest BCUT2D eigenvalue weighted by Gasteiger charge is 2.31. The van der Waals surface area contributed by atoms with Crippen molar-refractivity contribution >= 4 is 17.6 Å². The molecule has 1 fully saturated rings. The van der Waals surface area contributed by atoms with Crippen molar-refractivity contribution in [2.45, 2.75) is 31.6 Å². The van der Waals surface area contributed by atoms with E-state index in [-0.39, 0.29) is 36.6 Å². The first kappa shape index (κ1) is 31.8. The Morgan fingerprint density at radius 1 is 0.733 bits per heavy atom. The fraction of sp³-hybridized carbons (Fsp3) is 0.278. The van der Waals surface area contributed by atoms with Crippen molar-refractivity contribution in [1.29, 1.82) is 0 Å². The summed E-state index contributed by atoms with van der Waals surface area (Å²) in [6.07, 6.45) is -4.34. The van der Waals surface area contributed by atoms with Crippen LogP contribution in [0, 0.1) is 0 Å². The summed E-state index contributed by atoms with van der Waals surface area (Å²) in [5.74, 6) is -0.0433. The van der Waals surface area contributed by atoms with Crippen molar-refractivity contribution in [1.82, 2.24) is 14.7 Å². The van der Waals surface area contributed by atoms with Gasteiger partial charge >= 0.3 is 12.2 Å². The van der Waals surface area contributed by atoms with Crippen LogP contribution in [0.25, 0.3) is 0 Å². The predicted octanol–water partition coefficient (Wildman–Crippen LogP) is 7.62. The highest BCUT2D eigenvalue weighted by molar-refractivity contribution is 5.90. The lowest BCUT2D eigenvalue weighted by Crippen LogP contribution is -2.50. The minimum Gasteiger partial charge on any atom is -0.340 e. The van der Waals surface area contributed by atoms with E-state index in [1.54, 1.807) is 4.90 Å². The number of urea groups is 1. The Hall–Kier alpha value is -4.63. The lowest BCUT2D eigenvalue weighted by atomic mass is 9.96. The summed E-state index contributed by atoms with van der Waals surface area (Å²) in [4.78, 5) is 32.7. The van der Waals surface area contributed by atoms with Gasteiger partial charge in [0.2, 0.25) is 5.91 Å². The number of nitrogens with one attached hydrogen (secondary N) is 1. The second-order valence-electron chi connectivity index (χ2n) is 11.2. The molecule has 1 aliphatic rings. The van der Waals surface area contributed by atoms with Crippen LogP contribution in [0.4, 0.5) is 23.7 Å². The van der Waals surface area contributed by atoms with Crippen molar-refractivity contribution in [2.75, 3.05) is 38.0 Å². The standard InChI is InChI=1S/C36H37F3N4O2/c1-27(28-11-5-2-6-12-28)43(35(45)40-32-19-17-31(18-20-32)36(37,38)39)22-21-33(44)41-23-25-42(26-24-41)34(29-13-7-3-8-14-29)30-15-9-4-10-16-30/h2-20,27,34H,21-26H2,1H3,(H,40,45). The molecule has 1 saturated heterocycles. The van der Waals surface area contributed by atoms with Gasteiger partial charge in [-0.15, -0.1) is 0 Å². The number of carbonyl (C=O) groups is 2. The molecule has 1 unspecified atom stereocenters. The third-order valence-electron chi connectivity index (χ3n) is 8.30. The molecule has 234 valence electrons. The second-order valence-corrected chi connectivity index (χ2v) is 11.2. The van der Waals surface area contributed by atoms with Crippen LogP contribution < -0.4 is 5.32 Å². The van der Waals surface area contributed by atoms with Crippen molar-refractivity contribution in [3.05, 3.63) is 138 Å². The molecule has 5 rings (SSSR count). The van der Waals surface area contributed by atoms with Crippen molar-refractivity contribution in [3.8, 4) is 0 Å². The number of nitrogens with zero attached hydrogens (tertiary/aromatic N) is 3. The van der Waals surface area contributed by atoms with Crippen LogP contribution in [0.5, 0.6) is 0 Å². The molecule has 1 N–H and O–H groups in total. The maximum Gasteiger partial charge on any atom is 0.416 e. The zero-order valence-corrected chi connectivity index (χ0v) is 25.2. The average molecular weight is 615 g/mol. The van der Waals surface area contributed by atoms with Gasteiger partial charge in [-0.25, -0.2) is 4.79 Å². The van der Waals surface area contributed by atoms with Crippen LogP contribution in [0.3, 0.4) is 0 Å². The van der Waals surface area contributed by atoms with E-state index in [9.17, 15) is 22.8 Å². The molecule has 0 aromatic heterocycles. The third kappa shape index (κ3) is 8.10. The first-order chi connectivity index (χ1) is 21.7. The highest BCUT2D eigenvalue weighted by atomic mass is 19.4. The SMILES string of the molecule is CC(c1ccccc1)N(CCC(=O)N1CCN(C(c2ccccc2)c2ccccc2)CC1)C(=O)Nc1ccc(C(F)(F)F)cc1. The Balaban J connectivity index is 1.24. The molecule has 0 bridgehead atoms. The van der Waals surface area contributed by atoms with Crippen LogP contribution in [0.1, 0.15) is 47.7 Å². The maximum atomic E-state index is 13.4. The van der Waals surface area contributed by atoms with E-state index >= 15 is 0 Å². The summed E-state index contributed by atoms with van der Waals surface area (Å²) in [5.41, 5.74) is 2.74. The van der Waals surface area contributed by atoms with E-state index in [1.165, 1.54) is 23.3 Å². The molecular formula is C36H37F3N4O2. The molecule has 4 aromatic rings. The topological polar surface area (TPSA) is 55.9 Å². The molecular weight excluding hydrogens is 577 g/mol. The second kappa shape index (κ2) is 14.4. The number of carbonyl (C=O) groups excluding carboxylic acids is 2. The van der Waals surface area contributed by atoms with Gasteiger partial charge in [-0.1, -0.05) is 91.0 Å². The number of alkyl halides is 3. The number of piperazine rings is 1. The number of anilines is 1. The molecule has 1 atom stereocenters. The van der Waals surface area contributed by atoms with Gasteiger partial charge in [-0.3, -0.25) is 9.69 Å². The lowest BCUT2D eigenvalue weighted by molar-refractivity contribution is -0.137. The molecule has 6 nitrogen and oxygen atoms in total. The quantitative estimate of drug-likeness (QED) is 0.211. The fourth-order valence-corrected chi connectivity index (χ4v) is 5.81. The molecule has 1 heterocycles. The number of hydrogen-bond acceptors (Lipinski definition) is 3. The van der Waals surface area contributed by atoms with Gasteiger partial charge in [0, 0.05) is 44.8 Å². The van der Waals surface area contributed by atoms with E-state index in [0.717, 1.165) is 17.7 Å². The Morgan fingerprint density at radius 2 is 1.22 bits per heavy atom. The van der Waals surface area contributed by atoms with Crippen LogP contribution in [-0.4, -0.2) is 59.4 Å². The van der Waals surface area contributed by atoms with Crippen molar-refractivity contribution < 1.29 is 22.8 Å². The third-order valence-corrected chi connectivity index (χ3v) is 8.30. The van der Waals surface area contributed by atoms with Crippen LogP contribution >= 0.6 is 0 Å². The number of hydrogen-bond donors (Lipinski definition) is 1. The zero-order valence-electron chi connectivity index (χ0n) is 25.2. The molecule has 0 spiro atoms. The van der Waals surface area contributed by atoms with Crippen LogP contribution in [0.15, 0.2) is 115 Å². The number of benzene rings is 4. The Labute approximate surface area is 262 Å². The number of amides is 3. The first-order valence-corrected chi connectivity index (χ1v) is 15.1. The van der Waals surface area contributed by atoms with E-state index in [2.05, 4.69) is 34.5 Å². The lowest BCUT2D eigenvalue weighted by Gasteiger charge is -2.40. The molecule has 4 aromatic carbocycles. The molecule has 9 heteroatoms. The molecule has 0 saturated carbocycles. The highest BCUT2D eigenvalue weighted by Crippen LogP contribution is 2.31. The first-order valence-electron chi connectivity index (χ1n) is 15.1. The van der Waals surface area contributed by atoms with Crippen LogP contribution in [0.2, 0.25) is 0 Å². The zero-order chi connectivity index (χ0) is 31.8. The minimum absolute atomic E-state index is 0.0433. The van der Waals surface area contributed by atoms with Gasteiger partial charge in [0.15, 0.2) is 0 Å². The fourth-order valence-electron chi connectivity index (χ4n) is 5.81. The predicted molar refractivity (Wildman–Crippen MR) is 170 cm³/mol. The largest absolute Gasteiger partial charge is 0.416 e. The van der Waals surface area contributed by atoms with Crippen molar-refractivity contribution in [2.24, 2.45) is 0 Å². The van der Waals surface area contributed by atoms with Crippen LogP contribution in [-0.2, 0) is 11.0 Å². The molecule has 0 aliphatic carbocycles. The summed E-state index contributed by atoms with van der Waals surface area (Å²) in [5, 5.41) is 2.71. The van der Waals surface area contributed by atoms with Gasteiger partial charge < -0.3 is 15.1 Å². The molecule has 3 amide bonds.